The van der Waals surface area contributed by atoms with E-state index >= 15 is 0 Å². The average Bonchev–Trinajstić information content (AvgIpc) is 2.78. The largest absolute Gasteiger partial charge is 0.493 e. The van der Waals surface area contributed by atoms with Crippen LogP contribution in [0, 0.1) is 0 Å². The highest BCUT2D eigenvalue weighted by atomic mass is 35.5. The zero-order valence-electron chi connectivity index (χ0n) is 12.8. The second kappa shape index (κ2) is 7.57. The average molecular weight is 354 g/mol. The van der Waals surface area contributed by atoms with E-state index in [-0.39, 0.29) is 17.7 Å². The van der Waals surface area contributed by atoms with E-state index in [1.165, 1.54) is 13.2 Å². The second-order valence-corrected chi connectivity index (χ2v) is 5.94. The molecule has 0 aliphatic carbocycles. The fourth-order valence-electron chi connectivity index (χ4n) is 2.02. The lowest BCUT2D eigenvalue weighted by molar-refractivity contribution is -0.122. The van der Waals surface area contributed by atoms with Crippen LogP contribution in [-0.2, 0) is 4.79 Å². The third-order valence-corrected chi connectivity index (χ3v) is 4.29. The van der Waals surface area contributed by atoms with E-state index in [2.05, 4.69) is 6.58 Å². The van der Waals surface area contributed by atoms with Crippen LogP contribution in [-0.4, -0.2) is 36.3 Å². The minimum absolute atomic E-state index is 0.183. The summed E-state index contributed by atoms with van der Waals surface area (Å²) in [7, 11) is 1.52. The molecule has 0 saturated carbocycles. The number of nitrogens with zero attached hydrogens (tertiary/aromatic N) is 1. The predicted molar refractivity (Wildman–Crippen MR) is 92.0 cm³/mol. The second-order valence-electron chi connectivity index (χ2n) is 4.54. The van der Waals surface area contributed by atoms with Crippen molar-refractivity contribution in [1.29, 1.82) is 0 Å². The molecular formula is C16H16ClNO4S. The molecule has 0 bridgehead atoms. The van der Waals surface area contributed by atoms with E-state index in [1.807, 2.05) is 6.92 Å². The van der Waals surface area contributed by atoms with Gasteiger partial charge in [-0.05, 0) is 36.4 Å². The maximum Gasteiger partial charge on any atom is 0.293 e. The van der Waals surface area contributed by atoms with Crippen LogP contribution < -0.4 is 9.47 Å². The lowest BCUT2D eigenvalue weighted by atomic mass is 10.1. The first-order valence-electron chi connectivity index (χ1n) is 6.88. The SMILES string of the molecule is C=CCN1C(=O)S/C(=C/c2cc(OCC)c(OC)cc2Cl)C1=O. The highest BCUT2D eigenvalue weighted by Gasteiger charge is 2.34. The van der Waals surface area contributed by atoms with Gasteiger partial charge in [-0.1, -0.05) is 17.7 Å². The number of ether oxygens (including phenoxy) is 2. The molecule has 5 nitrogen and oxygen atoms in total. The molecule has 0 unspecified atom stereocenters. The Morgan fingerprint density at radius 2 is 2.09 bits per heavy atom. The van der Waals surface area contributed by atoms with Gasteiger partial charge in [0, 0.05) is 12.6 Å². The first kappa shape index (κ1) is 17.4. The van der Waals surface area contributed by atoms with Crippen molar-refractivity contribution in [1.82, 2.24) is 4.90 Å². The summed E-state index contributed by atoms with van der Waals surface area (Å²) in [5, 5.41) is 0.0802. The van der Waals surface area contributed by atoms with E-state index < -0.39 is 0 Å². The van der Waals surface area contributed by atoms with Crippen molar-refractivity contribution in [3.8, 4) is 11.5 Å². The number of methoxy groups -OCH3 is 1. The summed E-state index contributed by atoms with van der Waals surface area (Å²) in [6, 6.07) is 3.30. The van der Waals surface area contributed by atoms with Gasteiger partial charge >= 0.3 is 0 Å². The molecule has 1 fully saturated rings. The molecular weight excluding hydrogens is 338 g/mol. The molecule has 0 atom stereocenters. The fraction of sp³-hybridized carbons (Fsp3) is 0.250. The van der Waals surface area contributed by atoms with Gasteiger partial charge in [0.15, 0.2) is 11.5 Å². The zero-order chi connectivity index (χ0) is 17.0. The topological polar surface area (TPSA) is 55.8 Å². The van der Waals surface area contributed by atoms with Crippen molar-refractivity contribution in [2.45, 2.75) is 6.92 Å². The summed E-state index contributed by atoms with van der Waals surface area (Å²) in [5.74, 6) is 0.675. The molecule has 2 rings (SSSR count). The number of benzene rings is 1. The molecule has 2 amide bonds. The van der Waals surface area contributed by atoms with Crippen molar-refractivity contribution in [3.63, 3.8) is 0 Å². The van der Waals surface area contributed by atoms with Crippen LogP contribution in [0.4, 0.5) is 4.79 Å². The van der Waals surface area contributed by atoms with Gasteiger partial charge in [-0.3, -0.25) is 14.5 Å². The van der Waals surface area contributed by atoms with E-state index in [9.17, 15) is 9.59 Å². The Morgan fingerprint density at radius 1 is 1.35 bits per heavy atom. The predicted octanol–water partition coefficient (Wildman–Crippen LogP) is 3.97. The van der Waals surface area contributed by atoms with E-state index in [0.29, 0.717) is 33.6 Å². The first-order chi connectivity index (χ1) is 11.0. The zero-order valence-corrected chi connectivity index (χ0v) is 14.4. The molecule has 1 heterocycles. The molecule has 0 aromatic heterocycles. The number of hydrogen-bond acceptors (Lipinski definition) is 5. The van der Waals surface area contributed by atoms with E-state index in [4.69, 9.17) is 21.1 Å². The van der Waals surface area contributed by atoms with Gasteiger partial charge in [0.05, 0.1) is 23.6 Å². The molecule has 7 heteroatoms. The lowest BCUT2D eigenvalue weighted by Gasteiger charge is -2.11. The Labute approximate surface area is 143 Å². The minimum Gasteiger partial charge on any atom is -0.493 e. The van der Waals surface area contributed by atoms with Crippen molar-refractivity contribution in [2.24, 2.45) is 0 Å². The number of carbonyl (C=O) groups is 2. The number of amides is 2. The maximum absolute atomic E-state index is 12.2. The Balaban J connectivity index is 2.39. The molecule has 122 valence electrons. The molecule has 1 aliphatic heterocycles. The number of rotatable bonds is 6. The summed E-state index contributed by atoms with van der Waals surface area (Å²) in [6.07, 6.45) is 3.09. The minimum atomic E-state index is -0.357. The Kier molecular flexibility index (Phi) is 5.74. The van der Waals surface area contributed by atoms with Crippen LogP contribution in [0.5, 0.6) is 11.5 Å². The molecule has 1 aromatic rings. The number of halogens is 1. The van der Waals surface area contributed by atoms with Gasteiger partial charge in [-0.2, -0.15) is 0 Å². The van der Waals surface area contributed by atoms with Crippen molar-refractivity contribution < 1.29 is 19.1 Å². The van der Waals surface area contributed by atoms with E-state index in [1.54, 1.807) is 18.2 Å². The molecule has 1 aliphatic rings. The van der Waals surface area contributed by atoms with Gasteiger partial charge in [-0.25, -0.2) is 0 Å². The van der Waals surface area contributed by atoms with Gasteiger partial charge in [0.2, 0.25) is 0 Å². The highest BCUT2D eigenvalue weighted by molar-refractivity contribution is 8.18. The van der Waals surface area contributed by atoms with Crippen LogP contribution >= 0.6 is 23.4 Å². The summed E-state index contributed by atoms with van der Waals surface area (Å²) in [5.41, 5.74) is 0.583. The summed E-state index contributed by atoms with van der Waals surface area (Å²) >= 11 is 7.10. The van der Waals surface area contributed by atoms with Gasteiger partial charge < -0.3 is 9.47 Å². The maximum atomic E-state index is 12.2. The third kappa shape index (κ3) is 3.71. The molecule has 0 spiro atoms. The standard InChI is InChI=1S/C16H16ClNO4S/c1-4-6-18-15(19)14(23-16(18)20)8-10-7-13(22-5-2)12(21-3)9-11(10)17/h4,7-9H,1,5-6H2,2-3H3/b14-8+. The Morgan fingerprint density at radius 3 is 2.70 bits per heavy atom. The van der Waals surface area contributed by atoms with E-state index in [0.717, 1.165) is 16.7 Å². The van der Waals surface area contributed by atoms with Crippen molar-refractivity contribution in [2.75, 3.05) is 20.3 Å². The van der Waals surface area contributed by atoms with Gasteiger partial charge in [0.25, 0.3) is 11.1 Å². The summed E-state index contributed by atoms with van der Waals surface area (Å²) in [4.78, 5) is 25.5. The number of hydrogen-bond donors (Lipinski definition) is 0. The molecule has 0 N–H and O–H groups in total. The first-order valence-corrected chi connectivity index (χ1v) is 8.07. The van der Waals surface area contributed by atoms with Gasteiger partial charge in [-0.15, -0.1) is 6.58 Å². The van der Waals surface area contributed by atoms with Crippen LogP contribution in [0.25, 0.3) is 6.08 Å². The van der Waals surface area contributed by atoms with Crippen molar-refractivity contribution in [3.05, 3.63) is 40.3 Å². The molecule has 1 aromatic carbocycles. The smallest absolute Gasteiger partial charge is 0.293 e. The van der Waals surface area contributed by atoms with Gasteiger partial charge in [0.1, 0.15) is 0 Å². The number of thioether (sulfide) groups is 1. The monoisotopic (exact) mass is 353 g/mol. The Bertz CT molecular complexity index is 687. The van der Waals surface area contributed by atoms with Crippen LogP contribution in [0.3, 0.4) is 0 Å². The Hall–Kier alpha value is -1.92. The fourth-order valence-corrected chi connectivity index (χ4v) is 3.06. The van der Waals surface area contributed by atoms with Crippen LogP contribution in [0.1, 0.15) is 12.5 Å². The van der Waals surface area contributed by atoms with Crippen LogP contribution in [0.15, 0.2) is 29.7 Å². The molecule has 0 radical (unpaired) electrons. The summed E-state index contributed by atoms with van der Waals surface area (Å²) < 4.78 is 10.7. The highest BCUT2D eigenvalue weighted by Crippen LogP contribution is 2.37. The van der Waals surface area contributed by atoms with Crippen LogP contribution in [0.2, 0.25) is 5.02 Å². The number of carbonyl (C=O) groups excluding carboxylic acids is 2. The lowest BCUT2D eigenvalue weighted by Crippen LogP contribution is -2.27. The molecule has 1 saturated heterocycles. The normalized spacial score (nSPS) is 16.1. The third-order valence-electron chi connectivity index (χ3n) is 3.05. The van der Waals surface area contributed by atoms with Crippen molar-refractivity contribution >= 4 is 40.6 Å². The molecule has 23 heavy (non-hydrogen) atoms. The quantitative estimate of drug-likeness (QED) is 0.572. The summed E-state index contributed by atoms with van der Waals surface area (Å²) in [6.45, 7) is 6.05. The number of imide groups is 1.